The molecule has 0 spiro atoms. The average Bonchev–Trinajstić information content (AvgIpc) is 2.77. The summed E-state index contributed by atoms with van der Waals surface area (Å²) in [5, 5.41) is 5.01. The molecule has 1 aliphatic rings. The van der Waals surface area contributed by atoms with E-state index in [-0.39, 0.29) is 36.1 Å². The molecule has 1 unspecified atom stereocenters. The summed E-state index contributed by atoms with van der Waals surface area (Å²) >= 11 is 0. The number of benzene rings is 1. The molecule has 2 rings (SSSR count). The second kappa shape index (κ2) is 11.9. The lowest BCUT2D eigenvalue weighted by Crippen LogP contribution is -2.40. The second-order valence-electron chi connectivity index (χ2n) is 7.87. The Bertz CT molecular complexity index is 912. The molecule has 0 aliphatic carbocycles. The summed E-state index contributed by atoms with van der Waals surface area (Å²) in [7, 11) is -3.71. The molecule has 0 radical (unpaired) electrons. The summed E-state index contributed by atoms with van der Waals surface area (Å²) in [6, 6.07) is 5.87. The van der Waals surface area contributed by atoms with Gasteiger partial charge in [0.25, 0.3) is 5.91 Å². The quantitative estimate of drug-likeness (QED) is 0.491. The first-order chi connectivity index (χ1) is 15.1. The smallest absolute Gasteiger partial charge is 0.326 e. The van der Waals surface area contributed by atoms with Gasteiger partial charge >= 0.3 is 5.97 Å². The second-order valence-corrected chi connectivity index (χ2v) is 9.81. The number of amides is 2. The fourth-order valence-electron chi connectivity index (χ4n) is 2.89. The molecule has 0 saturated carbocycles. The number of hydrogen-bond acceptors (Lipinski definition) is 7. The minimum absolute atomic E-state index is 0.0472. The van der Waals surface area contributed by atoms with Gasteiger partial charge in [-0.2, -0.15) is 4.31 Å². The molecule has 1 saturated heterocycles. The molecule has 11 heteroatoms. The van der Waals surface area contributed by atoms with Crippen LogP contribution in [0.15, 0.2) is 29.2 Å². The van der Waals surface area contributed by atoms with E-state index in [1.807, 2.05) is 13.8 Å². The number of anilines is 1. The van der Waals surface area contributed by atoms with Crippen molar-refractivity contribution < 1.29 is 32.3 Å². The van der Waals surface area contributed by atoms with Crippen LogP contribution in [0.5, 0.6) is 0 Å². The highest BCUT2D eigenvalue weighted by Crippen LogP contribution is 2.20. The zero-order valence-corrected chi connectivity index (χ0v) is 19.4. The van der Waals surface area contributed by atoms with Crippen molar-refractivity contribution in [1.29, 1.82) is 0 Å². The largest absolute Gasteiger partial charge is 0.451 e. The number of nitrogens with one attached hydrogen (secondary N) is 2. The van der Waals surface area contributed by atoms with E-state index in [1.54, 1.807) is 6.07 Å². The predicted octanol–water partition coefficient (Wildman–Crippen LogP) is 1.13. The molecule has 2 N–H and O–H groups in total. The van der Waals surface area contributed by atoms with Crippen LogP contribution in [0.2, 0.25) is 0 Å². The third kappa shape index (κ3) is 7.88. The molecular weight excluding hydrogens is 438 g/mol. The molecule has 1 fully saturated rings. The van der Waals surface area contributed by atoms with E-state index >= 15 is 0 Å². The third-order valence-corrected chi connectivity index (χ3v) is 6.66. The number of rotatable bonds is 10. The van der Waals surface area contributed by atoms with Gasteiger partial charge in [-0.05, 0) is 37.5 Å². The maximum absolute atomic E-state index is 12.8. The van der Waals surface area contributed by atoms with Crippen molar-refractivity contribution in [2.24, 2.45) is 5.92 Å². The molecule has 1 aliphatic heterocycles. The van der Waals surface area contributed by atoms with Crippen LogP contribution in [0.4, 0.5) is 5.69 Å². The first kappa shape index (κ1) is 25.8. The number of carbonyl (C=O) groups excluding carboxylic acids is 3. The zero-order valence-electron chi connectivity index (χ0n) is 18.6. The minimum Gasteiger partial charge on any atom is -0.451 e. The monoisotopic (exact) mass is 469 g/mol. The van der Waals surface area contributed by atoms with E-state index in [0.717, 1.165) is 0 Å². The van der Waals surface area contributed by atoms with Gasteiger partial charge in [0.2, 0.25) is 15.9 Å². The number of ether oxygens (including phenoxy) is 2. The van der Waals surface area contributed by atoms with Gasteiger partial charge in [0.15, 0.2) is 6.10 Å². The number of hydrogen-bond donors (Lipinski definition) is 2. The Morgan fingerprint density at radius 3 is 2.50 bits per heavy atom. The Morgan fingerprint density at radius 1 is 1.16 bits per heavy atom. The van der Waals surface area contributed by atoms with Crippen molar-refractivity contribution in [3.63, 3.8) is 0 Å². The topological polar surface area (TPSA) is 131 Å². The van der Waals surface area contributed by atoms with E-state index in [2.05, 4.69) is 10.6 Å². The number of esters is 1. The van der Waals surface area contributed by atoms with Crippen LogP contribution in [0.1, 0.15) is 33.6 Å². The van der Waals surface area contributed by atoms with Crippen LogP contribution >= 0.6 is 0 Å². The molecule has 1 atom stereocenters. The third-order valence-electron chi connectivity index (χ3n) is 4.77. The Labute approximate surface area is 188 Å². The van der Waals surface area contributed by atoms with Crippen LogP contribution < -0.4 is 10.6 Å². The van der Waals surface area contributed by atoms with E-state index in [0.29, 0.717) is 32.0 Å². The molecule has 1 heterocycles. The standard InChI is InChI=1S/C21H31N3O7S/c1-15(2)7-8-19(25)22-14-20(26)31-16(3)21(27)23-17-5-4-6-18(13-17)32(28,29)24-9-11-30-12-10-24/h4-6,13,15-16H,7-12,14H2,1-3H3,(H,22,25)(H,23,27). The first-order valence-electron chi connectivity index (χ1n) is 10.5. The van der Waals surface area contributed by atoms with E-state index in [4.69, 9.17) is 9.47 Å². The lowest BCUT2D eigenvalue weighted by Gasteiger charge is -2.26. The van der Waals surface area contributed by atoms with Crippen LogP contribution in [0.3, 0.4) is 0 Å². The normalized spacial score (nSPS) is 15.8. The van der Waals surface area contributed by atoms with Gasteiger partial charge in [-0.1, -0.05) is 19.9 Å². The highest BCUT2D eigenvalue weighted by Gasteiger charge is 2.27. The van der Waals surface area contributed by atoms with Crippen LogP contribution in [-0.4, -0.2) is 69.5 Å². The molecule has 32 heavy (non-hydrogen) atoms. The molecular formula is C21H31N3O7S. The Hall–Kier alpha value is -2.50. The maximum atomic E-state index is 12.8. The van der Waals surface area contributed by atoms with Crippen LogP contribution in [0.25, 0.3) is 0 Å². The summed E-state index contributed by atoms with van der Waals surface area (Å²) in [6.45, 7) is 6.24. The highest BCUT2D eigenvalue weighted by atomic mass is 32.2. The molecule has 1 aromatic rings. The summed E-state index contributed by atoms with van der Waals surface area (Å²) in [5.74, 6) is -1.25. The lowest BCUT2D eigenvalue weighted by atomic mass is 10.1. The van der Waals surface area contributed by atoms with Gasteiger partial charge in [0, 0.05) is 25.2 Å². The number of carbonyl (C=O) groups is 3. The van der Waals surface area contributed by atoms with Crippen molar-refractivity contribution in [2.75, 3.05) is 38.2 Å². The van der Waals surface area contributed by atoms with Crippen molar-refractivity contribution in [3.05, 3.63) is 24.3 Å². The predicted molar refractivity (Wildman–Crippen MR) is 117 cm³/mol. The summed E-state index contributed by atoms with van der Waals surface area (Å²) in [4.78, 5) is 36.0. The zero-order chi connectivity index (χ0) is 23.7. The molecule has 10 nitrogen and oxygen atoms in total. The van der Waals surface area contributed by atoms with Crippen molar-refractivity contribution in [1.82, 2.24) is 9.62 Å². The highest BCUT2D eigenvalue weighted by molar-refractivity contribution is 7.89. The van der Waals surface area contributed by atoms with Gasteiger partial charge in [-0.25, -0.2) is 8.42 Å². The fraction of sp³-hybridized carbons (Fsp3) is 0.571. The van der Waals surface area contributed by atoms with Crippen molar-refractivity contribution in [3.8, 4) is 0 Å². The lowest BCUT2D eigenvalue weighted by molar-refractivity contribution is -0.152. The van der Waals surface area contributed by atoms with E-state index in [1.165, 1.54) is 29.4 Å². The van der Waals surface area contributed by atoms with Gasteiger partial charge in [-0.15, -0.1) is 0 Å². The SMILES string of the molecule is CC(C)CCC(=O)NCC(=O)OC(C)C(=O)Nc1cccc(S(=O)(=O)N2CCOCC2)c1. The molecule has 178 valence electrons. The molecule has 0 aromatic heterocycles. The molecule has 0 bridgehead atoms. The van der Waals surface area contributed by atoms with Gasteiger partial charge in [0.05, 0.1) is 18.1 Å². The van der Waals surface area contributed by atoms with Crippen LogP contribution in [0, 0.1) is 5.92 Å². The Kier molecular flexibility index (Phi) is 9.60. The number of morpholine rings is 1. The number of sulfonamides is 1. The van der Waals surface area contributed by atoms with Gasteiger partial charge < -0.3 is 20.1 Å². The Balaban J connectivity index is 1.88. The Morgan fingerprint density at radius 2 is 1.84 bits per heavy atom. The van der Waals surface area contributed by atoms with Gasteiger partial charge in [0.1, 0.15) is 6.54 Å². The maximum Gasteiger partial charge on any atom is 0.326 e. The van der Waals surface area contributed by atoms with Gasteiger partial charge in [-0.3, -0.25) is 14.4 Å². The summed E-state index contributed by atoms with van der Waals surface area (Å²) in [6.07, 6.45) is -0.111. The van der Waals surface area contributed by atoms with Crippen LogP contribution in [-0.2, 0) is 33.9 Å². The molecule has 1 aromatic carbocycles. The minimum atomic E-state index is -3.71. The van der Waals surface area contributed by atoms with E-state index < -0.39 is 28.0 Å². The van der Waals surface area contributed by atoms with Crippen molar-refractivity contribution >= 4 is 33.5 Å². The average molecular weight is 470 g/mol. The fourth-order valence-corrected chi connectivity index (χ4v) is 4.34. The first-order valence-corrected chi connectivity index (χ1v) is 12.0. The summed E-state index contributed by atoms with van der Waals surface area (Å²) < 4.78 is 37.1. The summed E-state index contributed by atoms with van der Waals surface area (Å²) in [5.41, 5.74) is 0.259. The van der Waals surface area contributed by atoms with E-state index in [9.17, 15) is 22.8 Å². The van der Waals surface area contributed by atoms with Crippen molar-refractivity contribution in [2.45, 2.75) is 44.6 Å². The molecule has 2 amide bonds. The number of nitrogens with zero attached hydrogens (tertiary/aromatic N) is 1.